The van der Waals surface area contributed by atoms with E-state index in [2.05, 4.69) is 24.5 Å². The zero-order valence-electron chi connectivity index (χ0n) is 11.7. The van der Waals surface area contributed by atoms with E-state index in [1.165, 1.54) is 13.8 Å². The van der Waals surface area contributed by atoms with E-state index in [0.717, 1.165) is 12.3 Å². The number of aliphatic carboxylic acids is 2. The van der Waals surface area contributed by atoms with E-state index in [1.54, 1.807) is 0 Å². The fourth-order valence-electron chi connectivity index (χ4n) is 0.117. The van der Waals surface area contributed by atoms with Gasteiger partial charge in [0, 0.05) is 6.92 Å². The Kier molecular flexibility index (Phi) is 37.4. The first-order valence-electron chi connectivity index (χ1n) is 4.17. The van der Waals surface area contributed by atoms with E-state index in [9.17, 15) is 14.7 Å². The van der Waals surface area contributed by atoms with E-state index in [0.29, 0.717) is 0 Å². The number of ether oxygens (including phenoxy) is 1. The molecule has 0 bridgehead atoms. The Morgan fingerprint density at radius 1 is 1.05 bits per heavy atom. The van der Waals surface area contributed by atoms with E-state index < -0.39 is 11.9 Å². The number of carboxylic acid groups (broad SMARTS) is 2. The molecule has 0 amide bonds. The molecule has 19 heavy (non-hydrogen) atoms. The molecular formula is C11H14Na2O6. The van der Waals surface area contributed by atoms with E-state index >= 15 is 0 Å². The quantitative estimate of drug-likeness (QED) is 0.221. The van der Waals surface area contributed by atoms with Crippen molar-refractivity contribution in [3.63, 3.8) is 0 Å². The first-order valence-corrected chi connectivity index (χ1v) is 4.17. The minimum Gasteiger partial charge on any atom is -0.545 e. The molecule has 0 aliphatic rings. The van der Waals surface area contributed by atoms with Gasteiger partial charge in [0.2, 0.25) is 0 Å². The Morgan fingerprint density at radius 3 is 1.32 bits per heavy atom. The number of hydrogen-bond donors (Lipinski definition) is 0. The van der Waals surface area contributed by atoms with Crippen LogP contribution < -0.4 is 69.3 Å². The van der Waals surface area contributed by atoms with Crippen molar-refractivity contribution in [2.45, 2.75) is 13.8 Å². The van der Waals surface area contributed by atoms with Crippen LogP contribution in [0.25, 0.3) is 0 Å². The predicted octanol–water partition coefficient (Wildman–Crippen LogP) is -7.06. The van der Waals surface area contributed by atoms with Crippen LogP contribution in [0.1, 0.15) is 13.8 Å². The van der Waals surface area contributed by atoms with Crippen molar-refractivity contribution in [1.29, 1.82) is 0 Å². The molecule has 0 heterocycles. The Hall–Kier alpha value is -0.370. The van der Waals surface area contributed by atoms with Crippen LogP contribution in [0.5, 0.6) is 0 Å². The average Bonchev–Trinajstić information content (AvgIpc) is 2.19. The van der Waals surface area contributed by atoms with Crippen molar-refractivity contribution in [3.05, 3.63) is 37.6 Å². The summed E-state index contributed by atoms with van der Waals surface area (Å²) in [6.45, 7) is 11.9. The van der Waals surface area contributed by atoms with Gasteiger partial charge in [0.05, 0.1) is 18.2 Å². The first kappa shape index (κ1) is 31.2. The largest absolute Gasteiger partial charge is 1.00 e. The van der Waals surface area contributed by atoms with Crippen LogP contribution in [-0.4, -0.2) is 17.9 Å². The van der Waals surface area contributed by atoms with Crippen molar-refractivity contribution in [2.75, 3.05) is 0 Å². The molecule has 0 atom stereocenters. The second kappa shape index (κ2) is 22.8. The zero-order valence-corrected chi connectivity index (χ0v) is 15.7. The van der Waals surface area contributed by atoms with Gasteiger partial charge in [-0.05, 0) is 18.6 Å². The van der Waals surface area contributed by atoms with Gasteiger partial charge in [-0.15, -0.1) is 0 Å². The standard InChI is InChI=1S/2C4H6O2.C3H4O2.2Na/c1-3-6-4(2)5;1-3(2)4(5)6;1-2-3(4)5;;/h3H,1H2,2H3;1H2,2H3,(H,5,6);2H,1H2,(H,4,5);;/q;;;2*+1/p-2. The summed E-state index contributed by atoms with van der Waals surface area (Å²) in [5.74, 6) is -2.75. The molecule has 0 unspecified atom stereocenters. The summed E-state index contributed by atoms with van der Waals surface area (Å²) in [6, 6.07) is 0. The van der Waals surface area contributed by atoms with Crippen molar-refractivity contribution in [3.8, 4) is 0 Å². The Bertz CT molecular complexity index is 300. The third kappa shape index (κ3) is 57.8. The molecule has 96 valence electrons. The summed E-state index contributed by atoms with van der Waals surface area (Å²) < 4.78 is 4.17. The van der Waals surface area contributed by atoms with Crippen molar-refractivity contribution in [1.82, 2.24) is 0 Å². The zero-order chi connectivity index (χ0) is 14.4. The molecule has 0 rings (SSSR count). The van der Waals surface area contributed by atoms with Crippen LogP contribution in [0.2, 0.25) is 0 Å². The molecule has 0 saturated heterocycles. The number of esters is 1. The molecule has 6 nitrogen and oxygen atoms in total. The minimum absolute atomic E-state index is 0. The average molecular weight is 288 g/mol. The Labute approximate surface area is 156 Å². The van der Waals surface area contributed by atoms with Gasteiger partial charge in [0.1, 0.15) is 0 Å². The van der Waals surface area contributed by atoms with E-state index in [4.69, 9.17) is 9.90 Å². The van der Waals surface area contributed by atoms with Gasteiger partial charge in [-0.25, -0.2) is 0 Å². The maximum Gasteiger partial charge on any atom is 1.00 e. The van der Waals surface area contributed by atoms with Crippen molar-refractivity contribution >= 4 is 17.9 Å². The molecule has 0 saturated carbocycles. The third-order valence-electron chi connectivity index (χ3n) is 0.764. The first-order chi connectivity index (χ1) is 7.68. The molecular weight excluding hydrogens is 274 g/mol. The van der Waals surface area contributed by atoms with Crippen LogP contribution in [0.3, 0.4) is 0 Å². The summed E-state index contributed by atoms with van der Waals surface area (Å²) in [5, 5.41) is 18.6. The molecule has 0 aromatic heterocycles. The monoisotopic (exact) mass is 288 g/mol. The second-order valence-electron chi connectivity index (χ2n) is 2.37. The van der Waals surface area contributed by atoms with E-state index in [-0.39, 0.29) is 70.7 Å². The number of rotatable bonds is 3. The maximum absolute atomic E-state index is 9.75. The van der Waals surface area contributed by atoms with Crippen LogP contribution in [-0.2, 0) is 19.1 Å². The van der Waals surface area contributed by atoms with Gasteiger partial charge >= 0.3 is 65.1 Å². The van der Waals surface area contributed by atoms with Crippen LogP contribution in [0.15, 0.2) is 37.6 Å². The van der Waals surface area contributed by atoms with Crippen molar-refractivity contribution in [2.24, 2.45) is 0 Å². The van der Waals surface area contributed by atoms with Gasteiger partial charge < -0.3 is 24.5 Å². The number of carboxylic acids is 2. The molecule has 0 N–H and O–H groups in total. The Balaban J connectivity index is -0.0000000492. The topological polar surface area (TPSA) is 107 Å². The second-order valence-corrected chi connectivity index (χ2v) is 2.37. The Morgan fingerprint density at radius 2 is 1.32 bits per heavy atom. The fourth-order valence-corrected chi connectivity index (χ4v) is 0.117. The van der Waals surface area contributed by atoms with Gasteiger partial charge in [0.15, 0.2) is 0 Å². The smallest absolute Gasteiger partial charge is 0.545 e. The van der Waals surface area contributed by atoms with E-state index in [1.807, 2.05) is 0 Å². The molecule has 0 aromatic carbocycles. The van der Waals surface area contributed by atoms with Gasteiger partial charge in [-0.3, -0.25) is 4.79 Å². The van der Waals surface area contributed by atoms with Gasteiger partial charge in [0.25, 0.3) is 0 Å². The molecule has 0 radical (unpaired) electrons. The molecule has 0 aliphatic heterocycles. The van der Waals surface area contributed by atoms with Crippen LogP contribution in [0.4, 0.5) is 0 Å². The number of carbonyl (C=O) groups is 3. The summed E-state index contributed by atoms with van der Waals surface area (Å²) in [4.78, 5) is 28.4. The summed E-state index contributed by atoms with van der Waals surface area (Å²) >= 11 is 0. The predicted molar refractivity (Wildman–Crippen MR) is 57.0 cm³/mol. The van der Waals surface area contributed by atoms with Gasteiger partial charge in [-0.2, -0.15) is 0 Å². The molecule has 8 heteroatoms. The summed E-state index contributed by atoms with van der Waals surface area (Å²) in [5.41, 5.74) is 0.0648. The molecule has 0 spiro atoms. The maximum atomic E-state index is 9.75. The number of hydrogen-bond acceptors (Lipinski definition) is 6. The SMILES string of the molecule is C=C(C)C(=O)[O-].C=CC(=O)[O-].C=COC(C)=O.[Na+].[Na+]. The molecule has 0 aliphatic carbocycles. The van der Waals surface area contributed by atoms with Gasteiger partial charge in [-0.1, -0.05) is 19.7 Å². The normalized spacial score (nSPS) is 6.21. The van der Waals surface area contributed by atoms with Crippen LogP contribution >= 0.6 is 0 Å². The van der Waals surface area contributed by atoms with Crippen molar-refractivity contribution < 1.29 is 88.4 Å². The summed E-state index contributed by atoms with van der Waals surface area (Å²) in [6.07, 6.45) is 1.82. The third-order valence-corrected chi connectivity index (χ3v) is 0.764. The number of carbonyl (C=O) groups excluding carboxylic acids is 3. The molecule has 0 fully saturated rings. The minimum atomic E-state index is -1.23. The summed E-state index contributed by atoms with van der Waals surface area (Å²) in [7, 11) is 0. The van der Waals surface area contributed by atoms with Crippen LogP contribution in [0, 0.1) is 0 Å². The molecule has 0 aromatic rings. The fraction of sp³-hybridized carbons (Fsp3) is 0.182.